The van der Waals surface area contributed by atoms with Crippen LogP contribution in [0.15, 0.2) is 29.0 Å². The van der Waals surface area contributed by atoms with Crippen molar-refractivity contribution >= 4 is 16.8 Å². The highest BCUT2D eigenvalue weighted by molar-refractivity contribution is 5.88. The highest BCUT2D eigenvalue weighted by Gasteiger charge is 2.25. The van der Waals surface area contributed by atoms with Crippen molar-refractivity contribution in [2.24, 2.45) is 0 Å². The van der Waals surface area contributed by atoms with E-state index in [1.54, 1.807) is 6.26 Å². The molecule has 0 spiro atoms. The topological polar surface area (TPSA) is 41.3 Å². The molecule has 20 heavy (non-hydrogen) atoms. The number of furan rings is 1. The molecule has 1 aliphatic rings. The number of pyridine rings is 1. The van der Waals surface area contributed by atoms with Gasteiger partial charge in [-0.2, -0.15) is 0 Å². The van der Waals surface area contributed by atoms with Crippen LogP contribution in [0.2, 0.25) is 0 Å². The Morgan fingerprint density at radius 1 is 1.40 bits per heavy atom. The Hall–Kier alpha value is -1.55. The molecule has 0 aliphatic carbocycles. The molecule has 0 aromatic carbocycles. The van der Waals surface area contributed by atoms with Gasteiger partial charge in [0.2, 0.25) is 0 Å². The number of anilines is 1. The van der Waals surface area contributed by atoms with Gasteiger partial charge in [-0.15, -0.1) is 0 Å². The minimum atomic E-state index is 0.524. The molecule has 2 aromatic rings. The van der Waals surface area contributed by atoms with E-state index in [0.717, 1.165) is 29.9 Å². The molecule has 1 unspecified atom stereocenters. The van der Waals surface area contributed by atoms with Crippen molar-refractivity contribution in [2.75, 3.05) is 18.0 Å². The molecule has 0 radical (unpaired) electrons. The molecule has 4 heteroatoms. The van der Waals surface area contributed by atoms with Crippen molar-refractivity contribution in [3.63, 3.8) is 0 Å². The van der Waals surface area contributed by atoms with E-state index in [-0.39, 0.29) is 0 Å². The highest BCUT2D eigenvalue weighted by atomic mass is 16.3. The first-order chi connectivity index (χ1) is 9.75. The van der Waals surface area contributed by atoms with Crippen LogP contribution in [0.5, 0.6) is 0 Å². The van der Waals surface area contributed by atoms with E-state index >= 15 is 0 Å². The fraction of sp³-hybridized carbons (Fsp3) is 0.562. The maximum Gasteiger partial charge on any atom is 0.139 e. The van der Waals surface area contributed by atoms with Crippen LogP contribution >= 0.6 is 0 Å². The molecule has 0 saturated carbocycles. The molecule has 1 aliphatic heterocycles. The van der Waals surface area contributed by atoms with Gasteiger partial charge in [-0.05, 0) is 31.4 Å². The number of aromatic nitrogens is 1. The summed E-state index contributed by atoms with van der Waals surface area (Å²) in [6.07, 6.45) is 7.38. The van der Waals surface area contributed by atoms with Crippen molar-refractivity contribution in [2.45, 2.75) is 45.2 Å². The van der Waals surface area contributed by atoms with Gasteiger partial charge in [-0.25, -0.2) is 4.98 Å². The van der Waals surface area contributed by atoms with Gasteiger partial charge in [0.1, 0.15) is 11.4 Å². The summed E-state index contributed by atoms with van der Waals surface area (Å²) in [6, 6.07) is 5.01. The number of hydrogen-bond donors (Lipinski definition) is 1. The second kappa shape index (κ2) is 5.83. The molecule has 0 amide bonds. The average Bonchev–Trinajstić information content (AvgIpc) is 2.93. The number of fused-ring (bicyclic) bond motifs is 1. The number of rotatable bonds is 4. The Morgan fingerprint density at radius 2 is 2.30 bits per heavy atom. The Bertz CT molecular complexity index is 564. The van der Waals surface area contributed by atoms with Gasteiger partial charge >= 0.3 is 0 Å². The maximum absolute atomic E-state index is 5.50. The maximum atomic E-state index is 5.50. The predicted molar refractivity (Wildman–Crippen MR) is 82.1 cm³/mol. The highest BCUT2D eigenvalue weighted by Crippen LogP contribution is 2.30. The molecular weight excluding hydrogens is 250 g/mol. The SMILES string of the molecule is CC(C)NCC1CCCCN1c1nccc2occc12. The van der Waals surface area contributed by atoms with Crippen molar-refractivity contribution in [3.8, 4) is 0 Å². The van der Waals surface area contributed by atoms with Gasteiger partial charge in [-0.1, -0.05) is 13.8 Å². The van der Waals surface area contributed by atoms with Crippen LogP contribution in [0.1, 0.15) is 33.1 Å². The summed E-state index contributed by atoms with van der Waals surface area (Å²) in [5.41, 5.74) is 0.927. The zero-order chi connectivity index (χ0) is 13.9. The van der Waals surface area contributed by atoms with Crippen LogP contribution < -0.4 is 10.2 Å². The van der Waals surface area contributed by atoms with Crippen LogP contribution in [0.4, 0.5) is 5.82 Å². The van der Waals surface area contributed by atoms with Crippen molar-refractivity contribution < 1.29 is 4.42 Å². The molecule has 1 saturated heterocycles. The fourth-order valence-corrected chi connectivity index (χ4v) is 2.97. The Labute approximate surface area is 120 Å². The van der Waals surface area contributed by atoms with E-state index < -0.39 is 0 Å². The van der Waals surface area contributed by atoms with E-state index in [1.807, 2.05) is 18.3 Å². The minimum Gasteiger partial charge on any atom is -0.464 e. The van der Waals surface area contributed by atoms with Crippen molar-refractivity contribution in [1.82, 2.24) is 10.3 Å². The van der Waals surface area contributed by atoms with Crippen LogP contribution in [0.3, 0.4) is 0 Å². The number of hydrogen-bond acceptors (Lipinski definition) is 4. The summed E-state index contributed by atoms with van der Waals surface area (Å²) in [6.45, 7) is 6.50. The molecule has 2 aromatic heterocycles. The molecule has 4 nitrogen and oxygen atoms in total. The van der Waals surface area contributed by atoms with Crippen LogP contribution in [0.25, 0.3) is 11.0 Å². The summed E-state index contributed by atoms with van der Waals surface area (Å²) in [7, 11) is 0. The quantitative estimate of drug-likeness (QED) is 0.929. The predicted octanol–water partition coefficient (Wildman–Crippen LogP) is 3.18. The lowest BCUT2D eigenvalue weighted by Gasteiger charge is -2.37. The zero-order valence-corrected chi connectivity index (χ0v) is 12.3. The third-order valence-electron chi connectivity index (χ3n) is 4.02. The van der Waals surface area contributed by atoms with E-state index in [1.165, 1.54) is 19.3 Å². The molecule has 3 rings (SSSR count). The largest absolute Gasteiger partial charge is 0.464 e. The number of nitrogens with zero attached hydrogens (tertiary/aromatic N) is 2. The normalized spacial score (nSPS) is 19.9. The molecule has 108 valence electrons. The molecular formula is C16H23N3O. The van der Waals surface area contributed by atoms with Crippen LogP contribution in [-0.4, -0.2) is 30.2 Å². The lowest BCUT2D eigenvalue weighted by molar-refractivity contribution is 0.419. The van der Waals surface area contributed by atoms with Gasteiger partial charge in [0, 0.05) is 31.4 Å². The molecule has 1 atom stereocenters. The Balaban J connectivity index is 1.87. The summed E-state index contributed by atoms with van der Waals surface area (Å²) < 4.78 is 5.50. The van der Waals surface area contributed by atoms with E-state index in [2.05, 4.69) is 29.0 Å². The fourth-order valence-electron chi connectivity index (χ4n) is 2.97. The first-order valence-electron chi connectivity index (χ1n) is 7.58. The molecule has 3 heterocycles. The van der Waals surface area contributed by atoms with Gasteiger partial charge in [0.05, 0.1) is 11.6 Å². The smallest absolute Gasteiger partial charge is 0.139 e. The van der Waals surface area contributed by atoms with Gasteiger partial charge in [0.25, 0.3) is 0 Å². The van der Waals surface area contributed by atoms with Gasteiger partial charge < -0.3 is 14.6 Å². The van der Waals surface area contributed by atoms with E-state index in [9.17, 15) is 0 Å². The standard InChI is InChI=1S/C16H23N3O/c1-12(2)18-11-13-5-3-4-9-19(13)16-14-7-10-20-15(14)6-8-17-16/h6-8,10,12-13,18H,3-5,9,11H2,1-2H3. The third-order valence-corrected chi connectivity index (χ3v) is 4.02. The lowest BCUT2D eigenvalue weighted by Crippen LogP contribution is -2.47. The Kier molecular flexibility index (Phi) is 3.92. The first-order valence-corrected chi connectivity index (χ1v) is 7.58. The number of nitrogens with one attached hydrogen (secondary N) is 1. The first kappa shape index (κ1) is 13.4. The third kappa shape index (κ3) is 2.66. The van der Waals surface area contributed by atoms with Crippen LogP contribution in [-0.2, 0) is 0 Å². The van der Waals surface area contributed by atoms with Crippen molar-refractivity contribution in [3.05, 3.63) is 24.6 Å². The second-order valence-corrected chi connectivity index (χ2v) is 5.87. The molecule has 0 bridgehead atoms. The van der Waals surface area contributed by atoms with Gasteiger partial charge in [0.15, 0.2) is 0 Å². The monoisotopic (exact) mass is 273 g/mol. The second-order valence-electron chi connectivity index (χ2n) is 5.87. The molecule has 1 fully saturated rings. The van der Waals surface area contributed by atoms with Crippen molar-refractivity contribution in [1.29, 1.82) is 0 Å². The van der Waals surface area contributed by atoms with Crippen LogP contribution in [0, 0.1) is 0 Å². The Morgan fingerprint density at radius 3 is 3.15 bits per heavy atom. The number of piperidine rings is 1. The van der Waals surface area contributed by atoms with E-state index in [0.29, 0.717) is 12.1 Å². The van der Waals surface area contributed by atoms with Gasteiger partial charge in [-0.3, -0.25) is 0 Å². The summed E-state index contributed by atoms with van der Waals surface area (Å²) in [5, 5.41) is 4.69. The summed E-state index contributed by atoms with van der Waals surface area (Å²) in [5.74, 6) is 1.08. The molecule has 1 N–H and O–H groups in total. The summed E-state index contributed by atoms with van der Waals surface area (Å²) in [4.78, 5) is 7.07. The summed E-state index contributed by atoms with van der Waals surface area (Å²) >= 11 is 0. The zero-order valence-electron chi connectivity index (χ0n) is 12.3. The lowest BCUT2D eigenvalue weighted by atomic mass is 10.0. The minimum absolute atomic E-state index is 0.524. The van der Waals surface area contributed by atoms with E-state index in [4.69, 9.17) is 4.42 Å². The average molecular weight is 273 g/mol.